The van der Waals surface area contributed by atoms with Crippen LogP contribution in [0.5, 0.6) is 5.88 Å². The van der Waals surface area contributed by atoms with Gasteiger partial charge in [0, 0.05) is 23.0 Å². The largest absolute Gasteiger partial charge is 0.414 e. The molecule has 2 aromatic carbocycles. The Balaban J connectivity index is 1.38. The Bertz CT molecular complexity index is 1140. The molecule has 7 heteroatoms. The molecule has 4 rings (SSSR count). The highest BCUT2D eigenvalue weighted by atomic mass is 35.5. The number of para-hydroxylation sites is 2. The number of benzene rings is 2. The topological polar surface area (TPSA) is 84.3 Å². The quantitative estimate of drug-likeness (QED) is 0.608. The zero-order valence-corrected chi connectivity index (χ0v) is 16.9. The predicted molar refractivity (Wildman–Crippen MR) is 114 cm³/mol. The van der Waals surface area contributed by atoms with Crippen LogP contribution in [0.1, 0.15) is 31.2 Å². The average Bonchev–Trinajstić information content (AvgIpc) is 2.72. The second kappa shape index (κ2) is 8.70. The Morgan fingerprint density at radius 3 is 2.90 bits per heavy atom. The van der Waals surface area contributed by atoms with Crippen LogP contribution in [0.3, 0.4) is 0 Å². The van der Waals surface area contributed by atoms with E-state index in [2.05, 4.69) is 27.1 Å². The number of aliphatic hydroxyl groups is 1. The fraction of sp³-hybridized carbons (Fsp3) is 0.261. The van der Waals surface area contributed by atoms with Gasteiger partial charge < -0.3 is 15.2 Å². The van der Waals surface area contributed by atoms with E-state index in [0.29, 0.717) is 23.4 Å². The van der Waals surface area contributed by atoms with Crippen LogP contribution in [-0.2, 0) is 0 Å². The maximum Gasteiger partial charge on any atom is 0.414 e. The third-order valence-corrected chi connectivity index (χ3v) is 5.17. The first-order valence-electron chi connectivity index (χ1n) is 9.70. The number of carbonyl (C=O) groups is 1. The summed E-state index contributed by atoms with van der Waals surface area (Å²) in [7, 11) is 0. The van der Waals surface area contributed by atoms with Gasteiger partial charge in [0.1, 0.15) is 5.60 Å². The lowest BCUT2D eigenvalue weighted by Crippen LogP contribution is -2.46. The highest BCUT2D eigenvalue weighted by Crippen LogP contribution is 2.28. The number of hydrogen-bond donors (Lipinski definition) is 2. The molecule has 0 unspecified atom stereocenters. The maximum atomic E-state index is 12.3. The standard InChI is InChI=1S/C23H20ClN3O3/c24-17-6-3-5-16(13-17)10-12-23(29)11-4-7-18(14-23)26-22(28)30-21-15-25-19-8-1-2-9-20(19)27-21/h1-3,5-6,8-9,13,15,18,29H,4,7,11,14H2,(H,26,28)/t18-,23+/m0/s1. The molecule has 0 bridgehead atoms. The molecular weight excluding hydrogens is 402 g/mol. The molecule has 152 valence electrons. The minimum Gasteiger partial charge on any atom is -0.390 e. The summed E-state index contributed by atoms with van der Waals surface area (Å²) in [5.41, 5.74) is 0.925. The molecule has 1 saturated carbocycles. The van der Waals surface area contributed by atoms with Crippen molar-refractivity contribution in [1.29, 1.82) is 0 Å². The summed E-state index contributed by atoms with van der Waals surface area (Å²) in [5, 5.41) is 14.3. The SMILES string of the molecule is O=C(N[C@H]1CCC[C@@](O)(C#Cc2cccc(Cl)c2)C1)Oc1cnc2ccccc2n1. The Kier molecular flexibility index (Phi) is 5.84. The monoisotopic (exact) mass is 421 g/mol. The molecule has 1 heterocycles. The minimum atomic E-state index is -1.18. The van der Waals surface area contributed by atoms with E-state index in [9.17, 15) is 9.90 Å². The summed E-state index contributed by atoms with van der Waals surface area (Å²) in [6.07, 6.45) is 3.12. The Morgan fingerprint density at radius 1 is 1.23 bits per heavy atom. The summed E-state index contributed by atoms with van der Waals surface area (Å²) in [5.74, 6) is 6.05. The fourth-order valence-electron chi connectivity index (χ4n) is 3.52. The molecular formula is C23H20ClN3O3. The molecule has 0 spiro atoms. The van der Waals surface area contributed by atoms with Crippen molar-refractivity contribution in [3.05, 3.63) is 65.3 Å². The van der Waals surface area contributed by atoms with Gasteiger partial charge in [-0.3, -0.25) is 0 Å². The van der Waals surface area contributed by atoms with Gasteiger partial charge in [0.25, 0.3) is 0 Å². The molecule has 1 aromatic heterocycles. The summed E-state index contributed by atoms with van der Waals surface area (Å²) in [6.45, 7) is 0. The number of halogens is 1. The summed E-state index contributed by atoms with van der Waals surface area (Å²) in [4.78, 5) is 20.8. The molecule has 1 aliphatic rings. The second-order valence-electron chi connectivity index (χ2n) is 7.32. The fourth-order valence-corrected chi connectivity index (χ4v) is 3.71. The van der Waals surface area contributed by atoms with Gasteiger partial charge in [0.15, 0.2) is 0 Å². The zero-order valence-electron chi connectivity index (χ0n) is 16.1. The van der Waals surface area contributed by atoms with Gasteiger partial charge in [-0.15, -0.1) is 0 Å². The number of hydrogen-bond acceptors (Lipinski definition) is 5. The number of nitrogens with one attached hydrogen (secondary N) is 1. The first-order valence-corrected chi connectivity index (χ1v) is 10.1. The van der Waals surface area contributed by atoms with Crippen LogP contribution >= 0.6 is 11.6 Å². The van der Waals surface area contributed by atoms with Gasteiger partial charge in [0.05, 0.1) is 17.2 Å². The number of rotatable bonds is 2. The van der Waals surface area contributed by atoms with Crippen molar-refractivity contribution >= 4 is 28.7 Å². The highest BCUT2D eigenvalue weighted by molar-refractivity contribution is 6.30. The smallest absolute Gasteiger partial charge is 0.390 e. The lowest BCUT2D eigenvalue weighted by Gasteiger charge is -2.33. The highest BCUT2D eigenvalue weighted by Gasteiger charge is 2.33. The molecule has 30 heavy (non-hydrogen) atoms. The van der Waals surface area contributed by atoms with Gasteiger partial charge in [-0.2, -0.15) is 0 Å². The van der Waals surface area contributed by atoms with Gasteiger partial charge in [-0.05, 0) is 49.6 Å². The summed E-state index contributed by atoms with van der Waals surface area (Å²) < 4.78 is 5.28. The molecule has 1 aliphatic carbocycles. The molecule has 6 nitrogen and oxygen atoms in total. The van der Waals surface area contributed by atoms with Crippen molar-refractivity contribution in [2.24, 2.45) is 0 Å². The average molecular weight is 422 g/mol. The number of nitrogens with zero attached hydrogens (tertiary/aromatic N) is 2. The molecule has 2 N–H and O–H groups in total. The van der Waals surface area contributed by atoms with Crippen molar-refractivity contribution in [3.8, 4) is 17.7 Å². The first-order chi connectivity index (χ1) is 14.5. The van der Waals surface area contributed by atoms with E-state index in [0.717, 1.165) is 23.9 Å². The number of carbonyl (C=O) groups excluding carboxylic acids is 1. The number of fused-ring (bicyclic) bond motifs is 1. The Hall–Kier alpha value is -3.14. The van der Waals surface area contributed by atoms with Crippen LogP contribution in [0.15, 0.2) is 54.7 Å². The molecule has 2 atom stereocenters. The van der Waals surface area contributed by atoms with Gasteiger partial charge >= 0.3 is 6.09 Å². The third kappa shape index (κ3) is 5.07. The van der Waals surface area contributed by atoms with E-state index < -0.39 is 11.7 Å². The van der Waals surface area contributed by atoms with Gasteiger partial charge in [-0.1, -0.05) is 41.6 Å². The van der Waals surface area contributed by atoms with E-state index in [-0.39, 0.29) is 11.9 Å². The van der Waals surface area contributed by atoms with Crippen LogP contribution in [0.4, 0.5) is 4.79 Å². The van der Waals surface area contributed by atoms with Crippen LogP contribution in [-0.4, -0.2) is 32.8 Å². The van der Waals surface area contributed by atoms with Gasteiger partial charge in [-0.25, -0.2) is 14.8 Å². The first kappa shape index (κ1) is 20.1. The van der Waals surface area contributed by atoms with Crippen LogP contribution in [0.2, 0.25) is 5.02 Å². The van der Waals surface area contributed by atoms with Crippen molar-refractivity contribution in [3.63, 3.8) is 0 Å². The summed E-state index contributed by atoms with van der Waals surface area (Å²) in [6, 6.07) is 14.3. The normalized spacial score (nSPS) is 20.8. The van der Waals surface area contributed by atoms with Crippen molar-refractivity contribution in [2.45, 2.75) is 37.3 Å². The lowest BCUT2D eigenvalue weighted by molar-refractivity contribution is 0.0472. The van der Waals surface area contributed by atoms with Crippen molar-refractivity contribution in [1.82, 2.24) is 15.3 Å². The van der Waals surface area contributed by atoms with E-state index in [1.807, 2.05) is 30.3 Å². The van der Waals surface area contributed by atoms with Crippen molar-refractivity contribution in [2.75, 3.05) is 0 Å². The number of aromatic nitrogens is 2. The maximum absolute atomic E-state index is 12.3. The predicted octanol–water partition coefficient (Wildman–Crippen LogP) is 4.10. The van der Waals surface area contributed by atoms with Gasteiger partial charge in [0.2, 0.25) is 5.88 Å². The number of ether oxygens (including phenoxy) is 1. The minimum absolute atomic E-state index is 0.123. The second-order valence-corrected chi connectivity index (χ2v) is 7.75. The molecule has 0 saturated heterocycles. The van der Waals surface area contributed by atoms with Crippen molar-refractivity contribution < 1.29 is 14.6 Å². The van der Waals surface area contributed by atoms with E-state index >= 15 is 0 Å². The zero-order chi connectivity index (χ0) is 21.0. The molecule has 3 aromatic rings. The summed E-state index contributed by atoms with van der Waals surface area (Å²) >= 11 is 5.98. The Labute approximate surface area is 179 Å². The van der Waals surface area contributed by atoms with E-state index in [1.54, 1.807) is 18.2 Å². The van der Waals surface area contributed by atoms with E-state index in [1.165, 1.54) is 6.20 Å². The van der Waals surface area contributed by atoms with Crippen LogP contribution in [0.25, 0.3) is 11.0 Å². The molecule has 0 radical (unpaired) electrons. The lowest BCUT2D eigenvalue weighted by atomic mass is 9.82. The molecule has 0 aliphatic heterocycles. The Morgan fingerprint density at radius 2 is 2.07 bits per heavy atom. The van der Waals surface area contributed by atoms with Crippen LogP contribution in [0, 0.1) is 11.8 Å². The third-order valence-electron chi connectivity index (χ3n) is 4.94. The molecule has 1 fully saturated rings. The molecule has 1 amide bonds. The van der Waals surface area contributed by atoms with E-state index in [4.69, 9.17) is 16.3 Å². The van der Waals surface area contributed by atoms with Crippen LogP contribution < -0.4 is 10.1 Å². The number of amides is 1.